The van der Waals surface area contributed by atoms with Crippen molar-refractivity contribution in [2.75, 3.05) is 13.2 Å². The van der Waals surface area contributed by atoms with Crippen molar-refractivity contribution in [1.29, 1.82) is 0 Å². The van der Waals surface area contributed by atoms with Gasteiger partial charge in [-0.05, 0) is 23.1 Å². The van der Waals surface area contributed by atoms with Gasteiger partial charge in [-0.25, -0.2) is 0 Å². The van der Waals surface area contributed by atoms with Crippen molar-refractivity contribution in [2.24, 2.45) is 0 Å². The summed E-state index contributed by atoms with van der Waals surface area (Å²) in [5, 5.41) is 8.53. The summed E-state index contributed by atoms with van der Waals surface area (Å²) in [7, 11) is -1.96. The quantitative estimate of drug-likeness (QED) is 0.797. The number of benzene rings is 1. The van der Waals surface area contributed by atoms with Crippen LogP contribution in [0.25, 0.3) is 0 Å². The molecule has 2 N–H and O–H groups in total. The molecular weight excluding hydrogens is 239 g/mol. The highest BCUT2D eigenvalue weighted by Crippen LogP contribution is 2.35. The summed E-state index contributed by atoms with van der Waals surface area (Å²) in [6, 6.07) is 7.53. The zero-order chi connectivity index (χ0) is 12.9. The summed E-state index contributed by atoms with van der Waals surface area (Å²) >= 11 is 0. The van der Waals surface area contributed by atoms with E-state index in [0.717, 1.165) is 0 Å². The first kappa shape index (κ1) is 14.4. The molecule has 0 fully saturated rings. The maximum absolute atomic E-state index is 9.37. The molecule has 1 aromatic rings. The molecule has 0 spiro atoms. The summed E-state index contributed by atoms with van der Waals surface area (Å²) < 4.78 is 10.0. The first-order valence-corrected chi connectivity index (χ1v) is 6.58. The molecule has 0 amide bonds. The van der Waals surface area contributed by atoms with Crippen LogP contribution in [0.5, 0.6) is 5.75 Å². The van der Waals surface area contributed by atoms with Gasteiger partial charge < -0.3 is 19.0 Å². The maximum atomic E-state index is 9.37. The molecule has 1 atom stereocenters. The molecule has 5 heteroatoms. The normalized spacial score (nSPS) is 13.5. The van der Waals surface area contributed by atoms with E-state index in [-0.39, 0.29) is 18.6 Å². The lowest BCUT2D eigenvalue weighted by atomic mass is 9.87. The van der Waals surface area contributed by atoms with E-state index in [1.165, 1.54) is 5.56 Å². The molecule has 0 saturated heterocycles. The first-order chi connectivity index (χ1) is 7.93. The fraction of sp³-hybridized carbons (Fsp3) is 0.500. The van der Waals surface area contributed by atoms with Gasteiger partial charge in [0, 0.05) is 0 Å². The second-order valence-electron chi connectivity index (χ2n) is 4.66. The SMILES string of the molecule is CC(C)(C)c1ccc(OP(O)OCCO)cc1. The molecule has 1 aromatic carbocycles. The molecule has 0 aliphatic rings. The topological polar surface area (TPSA) is 58.9 Å². The Hall–Kier alpha value is -0.670. The Morgan fingerprint density at radius 1 is 1.18 bits per heavy atom. The molecule has 0 radical (unpaired) electrons. The van der Waals surface area contributed by atoms with Crippen LogP contribution in [0.2, 0.25) is 0 Å². The predicted octanol–water partition coefficient (Wildman–Crippen LogP) is 2.59. The number of aliphatic hydroxyl groups is 1. The Bertz CT molecular complexity index is 331. The van der Waals surface area contributed by atoms with E-state index in [4.69, 9.17) is 14.2 Å². The summed E-state index contributed by atoms with van der Waals surface area (Å²) in [6.45, 7) is 6.33. The maximum Gasteiger partial charge on any atom is 0.394 e. The summed E-state index contributed by atoms with van der Waals surface area (Å²) in [5.74, 6) is 0.560. The highest BCUT2D eigenvalue weighted by molar-refractivity contribution is 7.41. The third-order valence-electron chi connectivity index (χ3n) is 2.20. The van der Waals surface area contributed by atoms with Crippen molar-refractivity contribution < 1.29 is 19.0 Å². The van der Waals surface area contributed by atoms with E-state index in [1.54, 1.807) is 12.1 Å². The molecule has 0 aliphatic carbocycles. The molecule has 0 aliphatic heterocycles. The van der Waals surface area contributed by atoms with Gasteiger partial charge in [-0.2, -0.15) is 0 Å². The molecule has 0 saturated carbocycles. The van der Waals surface area contributed by atoms with Crippen molar-refractivity contribution in [3.8, 4) is 5.75 Å². The number of hydrogen-bond acceptors (Lipinski definition) is 4. The van der Waals surface area contributed by atoms with Crippen molar-refractivity contribution in [2.45, 2.75) is 26.2 Å². The average molecular weight is 258 g/mol. The van der Waals surface area contributed by atoms with E-state index in [2.05, 4.69) is 20.8 Å². The average Bonchev–Trinajstić information content (AvgIpc) is 2.26. The molecule has 0 aromatic heterocycles. The summed E-state index contributed by atoms with van der Waals surface area (Å²) in [4.78, 5) is 9.37. The van der Waals surface area contributed by atoms with Gasteiger partial charge in [0.05, 0.1) is 13.2 Å². The van der Waals surface area contributed by atoms with Crippen molar-refractivity contribution in [3.63, 3.8) is 0 Å². The van der Waals surface area contributed by atoms with Gasteiger partial charge in [0.25, 0.3) is 0 Å². The Kier molecular flexibility index (Phi) is 5.34. The fourth-order valence-electron chi connectivity index (χ4n) is 1.25. The zero-order valence-electron chi connectivity index (χ0n) is 10.4. The van der Waals surface area contributed by atoms with Crippen LogP contribution in [0.4, 0.5) is 0 Å². The lowest BCUT2D eigenvalue weighted by Gasteiger charge is -2.19. The highest BCUT2D eigenvalue weighted by atomic mass is 31.2. The summed E-state index contributed by atoms with van der Waals surface area (Å²) in [6.07, 6.45) is 0. The van der Waals surface area contributed by atoms with Crippen LogP contribution in [-0.4, -0.2) is 23.2 Å². The smallest absolute Gasteiger partial charge is 0.394 e. The largest absolute Gasteiger partial charge is 0.427 e. The Morgan fingerprint density at radius 3 is 2.24 bits per heavy atom. The van der Waals surface area contributed by atoms with Gasteiger partial charge in [0.2, 0.25) is 0 Å². The Morgan fingerprint density at radius 2 is 1.76 bits per heavy atom. The second-order valence-corrected chi connectivity index (χ2v) is 5.58. The molecule has 17 heavy (non-hydrogen) atoms. The van der Waals surface area contributed by atoms with Crippen molar-refractivity contribution >= 4 is 8.60 Å². The van der Waals surface area contributed by atoms with Gasteiger partial charge >= 0.3 is 8.60 Å². The van der Waals surface area contributed by atoms with Crippen LogP contribution in [-0.2, 0) is 9.94 Å². The molecule has 96 valence electrons. The number of hydrogen-bond donors (Lipinski definition) is 2. The van der Waals surface area contributed by atoms with Gasteiger partial charge in [0.15, 0.2) is 0 Å². The van der Waals surface area contributed by atoms with Crippen molar-refractivity contribution in [3.05, 3.63) is 29.8 Å². The molecule has 0 bridgehead atoms. The lowest BCUT2D eigenvalue weighted by Crippen LogP contribution is -2.10. The van der Waals surface area contributed by atoms with Crippen LogP contribution in [0.3, 0.4) is 0 Å². The van der Waals surface area contributed by atoms with E-state index >= 15 is 0 Å². The molecule has 1 rings (SSSR count). The van der Waals surface area contributed by atoms with Gasteiger partial charge in [0.1, 0.15) is 5.75 Å². The molecule has 0 heterocycles. The van der Waals surface area contributed by atoms with Gasteiger partial charge in [-0.1, -0.05) is 32.9 Å². The number of rotatable bonds is 5. The number of aliphatic hydroxyl groups excluding tert-OH is 1. The predicted molar refractivity (Wildman–Crippen MR) is 67.9 cm³/mol. The van der Waals surface area contributed by atoms with E-state index in [9.17, 15) is 4.89 Å². The van der Waals surface area contributed by atoms with Crippen LogP contribution >= 0.6 is 8.60 Å². The monoisotopic (exact) mass is 258 g/mol. The molecular formula is C12H19O4P. The van der Waals surface area contributed by atoms with Crippen LogP contribution in [0, 0.1) is 0 Å². The first-order valence-electron chi connectivity index (χ1n) is 5.45. The minimum atomic E-state index is -1.96. The molecule has 4 nitrogen and oxygen atoms in total. The molecule has 1 unspecified atom stereocenters. The third-order valence-corrected chi connectivity index (χ3v) is 2.97. The van der Waals surface area contributed by atoms with Gasteiger partial charge in [-0.3, -0.25) is 0 Å². The van der Waals surface area contributed by atoms with Crippen LogP contribution < -0.4 is 4.52 Å². The summed E-state index contributed by atoms with van der Waals surface area (Å²) in [5.41, 5.74) is 1.29. The minimum absolute atomic E-state index is 0.0717. The van der Waals surface area contributed by atoms with E-state index in [0.29, 0.717) is 5.75 Å². The zero-order valence-corrected chi connectivity index (χ0v) is 11.3. The van der Waals surface area contributed by atoms with E-state index in [1.807, 2.05) is 12.1 Å². The lowest BCUT2D eigenvalue weighted by molar-refractivity contribution is 0.184. The fourth-order valence-corrected chi connectivity index (χ4v) is 1.84. The van der Waals surface area contributed by atoms with Crippen LogP contribution in [0.1, 0.15) is 26.3 Å². The third kappa shape index (κ3) is 5.00. The van der Waals surface area contributed by atoms with E-state index < -0.39 is 8.60 Å². The standard InChI is InChI=1S/C12H19O4P/c1-12(2,3)10-4-6-11(7-5-10)16-17(14)15-9-8-13/h4-7,13-14H,8-9H2,1-3H3. The Labute approximate surface area is 103 Å². The minimum Gasteiger partial charge on any atom is -0.427 e. The Balaban J connectivity index is 2.56. The highest BCUT2D eigenvalue weighted by Gasteiger charge is 2.14. The van der Waals surface area contributed by atoms with Gasteiger partial charge in [-0.15, -0.1) is 0 Å². The van der Waals surface area contributed by atoms with Crippen LogP contribution in [0.15, 0.2) is 24.3 Å². The second kappa shape index (κ2) is 6.31. The van der Waals surface area contributed by atoms with Crippen molar-refractivity contribution in [1.82, 2.24) is 0 Å².